The number of rotatable bonds is 2. The van der Waals surface area contributed by atoms with Crippen molar-refractivity contribution < 1.29 is 9.47 Å². The minimum atomic E-state index is 0.161. The van der Waals surface area contributed by atoms with Crippen molar-refractivity contribution in [1.29, 1.82) is 0 Å². The average molecular weight is 346 g/mol. The summed E-state index contributed by atoms with van der Waals surface area (Å²) in [5.41, 5.74) is 4.70. The lowest BCUT2D eigenvalue weighted by atomic mass is 9.91. The van der Waals surface area contributed by atoms with Crippen LogP contribution in [0.4, 0.5) is 0 Å². The number of nitrogens with zero attached hydrogens (tertiary/aromatic N) is 2. The Kier molecular flexibility index (Phi) is 3.96. The fourth-order valence-corrected chi connectivity index (χ4v) is 4.07. The summed E-state index contributed by atoms with van der Waals surface area (Å²) in [7, 11) is 0. The van der Waals surface area contributed by atoms with Gasteiger partial charge in [0.2, 0.25) is 11.8 Å². The second-order valence-corrected chi connectivity index (χ2v) is 7.18. The molecule has 0 N–H and O–H groups in total. The molecule has 1 aliphatic carbocycles. The standard InChI is InChI=1S/C22H22N2O2/c1-3-9-17-15(7-1)13-25-21(17)23-19-11-5-6-12-20(19)24-22-18-10-4-2-8-16(18)14-26-22/h1-4,7-10,19-20H,5-6,11-14H2/t19-,20-/m1/s1. The van der Waals surface area contributed by atoms with Crippen LogP contribution in [0.3, 0.4) is 0 Å². The van der Waals surface area contributed by atoms with E-state index in [0.29, 0.717) is 13.2 Å². The molecular formula is C22H22N2O2. The predicted octanol–water partition coefficient (Wildman–Crippen LogP) is 4.25. The molecule has 132 valence electrons. The Hall–Kier alpha value is -2.62. The molecule has 2 atom stereocenters. The molecule has 2 aromatic carbocycles. The van der Waals surface area contributed by atoms with Gasteiger partial charge in [-0.15, -0.1) is 0 Å². The van der Waals surface area contributed by atoms with Crippen molar-refractivity contribution in [2.75, 3.05) is 0 Å². The molecule has 4 heteroatoms. The monoisotopic (exact) mass is 346 g/mol. The minimum Gasteiger partial charge on any atom is -0.473 e. The number of fused-ring (bicyclic) bond motifs is 2. The first kappa shape index (κ1) is 15.6. The molecule has 1 saturated carbocycles. The summed E-state index contributed by atoms with van der Waals surface area (Å²) in [6.45, 7) is 1.24. The molecular weight excluding hydrogens is 324 g/mol. The zero-order valence-electron chi connectivity index (χ0n) is 14.7. The van der Waals surface area contributed by atoms with Gasteiger partial charge in [0.05, 0.1) is 12.1 Å². The Morgan fingerprint density at radius 3 is 1.62 bits per heavy atom. The topological polar surface area (TPSA) is 43.2 Å². The largest absolute Gasteiger partial charge is 0.473 e. The predicted molar refractivity (Wildman–Crippen MR) is 102 cm³/mol. The highest BCUT2D eigenvalue weighted by Gasteiger charge is 2.29. The molecule has 0 bridgehead atoms. The van der Waals surface area contributed by atoms with E-state index in [4.69, 9.17) is 19.5 Å². The highest BCUT2D eigenvalue weighted by molar-refractivity contribution is 5.98. The van der Waals surface area contributed by atoms with E-state index in [2.05, 4.69) is 36.4 Å². The summed E-state index contributed by atoms with van der Waals surface area (Å²) in [5, 5.41) is 0. The lowest BCUT2D eigenvalue weighted by molar-refractivity contribution is 0.295. The van der Waals surface area contributed by atoms with Gasteiger partial charge in [-0.25, -0.2) is 9.98 Å². The normalized spacial score (nSPS) is 27.1. The highest BCUT2D eigenvalue weighted by atomic mass is 16.5. The van der Waals surface area contributed by atoms with Crippen molar-refractivity contribution in [2.24, 2.45) is 9.98 Å². The minimum absolute atomic E-state index is 0.161. The summed E-state index contributed by atoms with van der Waals surface area (Å²) in [6, 6.07) is 16.9. The SMILES string of the molecule is c1ccc2c(c1)COC2=N[C@@H]1CCCC[C@H]1N=C1OCc2ccccc21. The third kappa shape index (κ3) is 2.79. The Labute approximate surface area is 153 Å². The van der Waals surface area contributed by atoms with E-state index < -0.39 is 0 Å². The Morgan fingerprint density at radius 2 is 1.12 bits per heavy atom. The van der Waals surface area contributed by atoms with Gasteiger partial charge in [0.1, 0.15) is 13.2 Å². The van der Waals surface area contributed by atoms with Crippen molar-refractivity contribution in [1.82, 2.24) is 0 Å². The third-order valence-corrected chi connectivity index (χ3v) is 5.48. The molecule has 2 aromatic rings. The molecule has 0 radical (unpaired) electrons. The fourth-order valence-electron chi connectivity index (χ4n) is 4.07. The van der Waals surface area contributed by atoms with E-state index >= 15 is 0 Å². The van der Waals surface area contributed by atoms with Gasteiger partial charge in [0.25, 0.3) is 0 Å². The second kappa shape index (κ2) is 6.60. The maximum absolute atomic E-state index is 5.87. The van der Waals surface area contributed by atoms with Crippen LogP contribution in [0.25, 0.3) is 0 Å². The van der Waals surface area contributed by atoms with Gasteiger partial charge in [-0.05, 0) is 25.0 Å². The van der Waals surface area contributed by atoms with Gasteiger partial charge in [-0.3, -0.25) is 0 Å². The van der Waals surface area contributed by atoms with E-state index in [9.17, 15) is 0 Å². The van der Waals surface area contributed by atoms with Crippen LogP contribution in [-0.2, 0) is 22.7 Å². The van der Waals surface area contributed by atoms with E-state index in [1.807, 2.05) is 12.1 Å². The van der Waals surface area contributed by atoms with Crippen molar-refractivity contribution in [2.45, 2.75) is 51.0 Å². The van der Waals surface area contributed by atoms with Crippen LogP contribution in [0.1, 0.15) is 47.9 Å². The second-order valence-electron chi connectivity index (χ2n) is 7.18. The van der Waals surface area contributed by atoms with E-state index in [1.165, 1.54) is 24.0 Å². The van der Waals surface area contributed by atoms with Crippen molar-refractivity contribution in [3.8, 4) is 0 Å². The molecule has 0 amide bonds. The van der Waals surface area contributed by atoms with Crippen LogP contribution in [0.2, 0.25) is 0 Å². The van der Waals surface area contributed by atoms with Crippen LogP contribution < -0.4 is 0 Å². The molecule has 0 aromatic heterocycles. The van der Waals surface area contributed by atoms with Gasteiger partial charge in [-0.1, -0.05) is 49.2 Å². The van der Waals surface area contributed by atoms with Crippen molar-refractivity contribution in [3.63, 3.8) is 0 Å². The number of hydrogen-bond acceptors (Lipinski definition) is 4. The molecule has 0 unspecified atom stereocenters. The van der Waals surface area contributed by atoms with Gasteiger partial charge >= 0.3 is 0 Å². The third-order valence-electron chi connectivity index (χ3n) is 5.48. The maximum atomic E-state index is 5.87. The molecule has 2 aliphatic heterocycles. The van der Waals surface area contributed by atoms with Crippen LogP contribution in [0, 0.1) is 0 Å². The van der Waals surface area contributed by atoms with Gasteiger partial charge < -0.3 is 9.47 Å². The smallest absolute Gasteiger partial charge is 0.217 e. The zero-order valence-corrected chi connectivity index (χ0v) is 14.7. The summed E-state index contributed by atoms with van der Waals surface area (Å²) < 4.78 is 11.7. The first-order valence-corrected chi connectivity index (χ1v) is 9.46. The molecule has 2 heterocycles. The van der Waals surface area contributed by atoms with Crippen molar-refractivity contribution >= 4 is 11.8 Å². The lowest BCUT2D eigenvalue weighted by Crippen LogP contribution is -2.29. The number of aliphatic imine (C=N–C) groups is 2. The van der Waals surface area contributed by atoms with E-state index in [-0.39, 0.29) is 12.1 Å². The molecule has 4 nitrogen and oxygen atoms in total. The lowest BCUT2D eigenvalue weighted by Gasteiger charge is -2.26. The number of ether oxygens (including phenoxy) is 2. The van der Waals surface area contributed by atoms with Crippen LogP contribution >= 0.6 is 0 Å². The molecule has 0 spiro atoms. The molecule has 3 aliphatic rings. The van der Waals surface area contributed by atoms with Crippen LogP contribution in [0.15, 0.2) is 58.5 Å². The fraction of sp³-hybridized carbons (Fsp3) is 0.364. The Morgan fingerprint density at radius 1 is 0.654 bits per heavy atom. The van der Waals surface area contributed by atoms with E-state index in [0.717, 1.165) is 35.8 Å². The summed E-state index contributed by atoms with van der Waals surface area (Å²) >= 11 is 0. The number of hydrogen-bond donors (Lipinski definition) is 0. The molecule has 26 heavy (non-hydrogen) atoms. The van der Waals surface area contributed by atoms with E-state index in [1.54, 1.807) is 0 Å². The van der Waals surface area contributed by atoms with Crippen molar-refractivity contribution in [3.05, 3.63) is 70.8 Å². The summed E-state index contributed by atoms with van der Waals surface area (Å²) in [5.74, 6) is 1.57. The summed E-state index contributed by atoms with van der Waals surface area (Å²) in [6.07, 6.45) is 4.50. The Bertz CT molecular complexity index is 814. The van der Waals surface area contributed by atoms with Gasteiger partial charge in [-0.2, -0.15) is 0 Å². The quantitative estimate of drug-likeness (QED) is 0.816. The van der Waals surface area contributed by atoms with Crippen LogP contribution in [-0.4, -0.2) is 23.9 Å². The summed E-state index contributed by atoms with van der Waals surface area (Å²) in [4.78, 5) is 9.98. The van der Waals surface area contributed by atoms with Gasteiger partial charge in [0, 0.05) is 22.3 Å². The van der Waals surface area contributed by atoms with Crippen LogP contribution in [0.5, 0.6) is 0 Å². The zero-order chi connectivity index (χ0) is 17.3. The average Bonchev–Trinajstić information content (AvgIpc) is 3.28. The molecule has 5 rings (SSSR count). The maximum Gasteiger partial charge on any atom is 0.217 e. The van der Waals surface area contributed by atoms with Gasteiger partial charge in [0.15, 0.2) is 0 Å². The first-order valence-electron chi connectivity index (χ1n) is 9.46. The highest BCUT2D eigenvalue weighted by Crippen LogP contribution is 2.29. The molecule has 0 saturated heterocycles. The number of benzene rings is 2. The first-order chi connectivity index (χ1) is 12.9. The Balaban J connectivity index is 1.44. The molecule has 1 fully saturated rings.